The summed E-state index contributed by atoms with van der Waals surface area (Å²) in [6.45, 7) is 4.16. The smallest absolute Gasteiger partial charge is 0.241 e. The summed E-state index contributed by atoms with van der Waals surface area (Å²) in [5.41, 5.74) is 5.67. The zero-order valence-electron chi connectivity index (χ0n) is 11.8. The van der Waals surface area contributed by atoms with Crippen LogP contribution in [0.25, 0.3) is 0 Å². The zero-order valence-corrected chi connectivity index (χ0v) is 12.6. The van der Waals surface area contributed by atoms with E-state index in [2.05, 4.69) is 16.6 Å². The van der Waals surface area contributed by atoms with Crippen LogP contribution in [0.1, 0.15) is 32.3 Å². The van der Waals surface area contributed by atoms with Gasteiger partial charge in [0.1, 0.15) is 0 Å². The normalized spacial score (nSPS) is 15.6. The molecular weight excluding hydrogens is 272 g/mol. The number of sulfonamides is 1. The van der Waals surface area contributed by atoms with Crippen molar-refractivity contribution in [2.24, 2.45) is 11.7 Å². The van der Waals surface area contributed by atoms with E-state index < -0.39 is 15.6 Å². The van der Waals surface area contributed by atoms with Crippen LogP contribution in [0, 0.1) is 17.8 Å². The van der Waals surface area contributed by atoms with Crippen LogP contribution in [-0.4, -0.2) is 20.5 Å². The first-order chi connectivity index (χ1) is 9.35. The maximum Gasteiger partial charge on any atom is 0.241 e. The first-order valence-electron chi connectivity index (χ1n) is 6.68. The monoisotopic (exact) mass is 292 g/mol. The minimum atomic E-state index is -3.48. The molecule has 20 heavy (non-hydrogen) atoms. The van der Waals surface area contributed by atoms with Gasteiger partial charge in [0, 0.05) is 11.1 Å². The highest BCUT2D eigenvalue weighted by Gasteiger charge is 2.40. The van der Waals surface area contributed by atoms with Gasteiger partial charge >= 0.3 is 0 Å². The van der Waals surface area contributed by atoms with Gasteiger partial charge in [0.2, 0.25) is 10.0 Å². The summed E-state index contributed by atoms with van der Waals surface area (Å²) in [7, 11) is -3.48. The molecule has 0 bridgehead atoms. The van der Waals surface area contributed by atoms with Gasteiger partial charge in [-0.05, 0) is 56.9 Å². The van der Waals surface area contributed by atoms with Crippen LogP contribution < -0.4 is 10.5 Å². The SMILES string of the molecule is CC(C)(NS(=O)(=O)c1ccc(C#CCN)cc1)C1CC1. The Morgan fingerprint density at radius 1 is 1.30 bits per heavy atom. The topological polar surface area (TPSA) is 72.2 Å². The number of rotatable bonds is 4. The highest BCUT2D eigenvalue weighted by Crippen LogP contribution is 2.39. The Balaban J connectivity index is 2.17. The predicted molar refractivity (Wildman–Crippen MR) is 79.5 cm³/mol. The Labute approximate surface area is 120 Å². The van der Waals surface area contributed by atoms with Crippen LogP contribution >= 0.6 is 0 Å². The second-order valence-corrected chi connectivity index (χ2v) is 7.31. The van der Waals surface area contributed by atoms with Crippen LogP contribution in [-0.2, 0) is 10.0 Å². The van der Waals surface area contributed by atoms with Crippen LogP contribution in [0.3, 0.4) is 0 Å². The molecule has 4 nitrogen and oxygen atoms in total. The number of hydrogen-bond acceptors (Lipinski definition) is 3. The molecule has 0 aromatic heterocycles. The molecule has 5 heteroatoms. The average Bonchev–Trinajstić information content (AvgIpc) is 3.20. The largest absolute Gasteiger partial charge is 0.320 e. The number of hydrogen-bond donors (Lipinski definition) is 2. The minimum absolute atomic E-state index is 0.268. The molecule has 1 aromatic rings. The van der Waals surface area contributed by atoms with Gasteiger partial charge in [-0.15, -0.1) is 0 Å². The molecule has 0 radical (unpaired) electrons. The van der Waals surface area contributed by atoms with Crippen LogP contribution in [0.4, 0.5) is 0 Å². The van der Waals surface area contributed by atoms with Gasteiger partial charge < -0.3 is 5.73 Å². The minimum Gasteiger partial charge on any atom is -0.320 e. The van der Waals surface area contributed by atoms with Crippen LogP contribution in [0.5, 0.6) is 0 Å². The van der Waals surface area contributed by atoms with E-state index in [1.807, 2.05) is 13.8 Å². The summed E-state index contributed by atoms with van der Waals surface area (Å²) < 4.78 is 27.5. The zero-order chi connectivity index (χ0) is 14.8. The summed E-state index contributed by atoms with van der Waals surface area (Å²) in [5, 5.41) is 0. The van der Waals surface area contributed by atoms with Gasteiger partial charge in [-0.2, -0.15) is 0 Å². The molecule has 1 saturated carbocycles. The van der Waals surface area contributed by atoms with Crippen molar-refractivity contribution >= 4 is 10.0 Å². The standard InChI is InChI=1S/C15H20N2O2S/c1-15(2,13-7-8-13)17-20(18,19)14-9-5-12(6-10-14)4-3-11-16/h5-6,9-10,13,17H,7-8,11,16H2,1-2H3. The number of benzene rings is 1. The van der Waals surface area contributed by atoms with Gasteiger partial charge in [0.15, 0.2) is 0 Å². The third kappa shape index (κ3) is 3.60. The van der Waals surface area contributed by atoms with E-state index in [9.17, 15) is 8.42 Å². The second-order valence-electron chi connectivity index (χ2n) is 5.63. The van der Waals surface area contributed by atoms with Crippen molar-refractivity contribution in [3.8, 4) is 11.8 Å². The maximum absolute atomic E-state index is 12.3. The van der Waals surface area contributed by atoms with E-state index in [1.54, 1.807) is 24.3 Å². The fourth-order valence-electron chi connectivity index (χ4n) is 2.16. The molecule has 0 atom stereocenters. The molecular formula is C15H20N2O2S. The van der Waals surface area contributed by atoms with Gasteiger partial charge in [-0.25, -0.2) is 13.1 Å². The predicted octanol–water partition coefficient (Wildman–Crippen LogP) is 1.46. The molecule has 0 spiro atoms. The Kier molecular flexibility index (Phi) is 4.19. The van der Waals surface area contributed by atoms with E-state index in [4.69, 9.17) is 5.73 Å². The van der Waals surface area contributed by atoms with E-state index in [0.717, 1.165) is 18.4 Å². The van der Waals surface area contributed by atoms with Gasteiger partial charge in [-0.3, -0.25) is 0 Å². The highest BCUT2D eigenvalue weighted by molar-refractivity contribution is 7.89. The van der Waals surface area contributed by atoms with Gasteiger partial charge in [0.25, 0.3) is 0 Å². The summed E-state index contributed by atoms with van der Waals surface area (Å²) in [6, 6.07) is 6.54. The second kappa shape index (κ2) is 5.57. The van der Waals surface area contributed by atoms with Crippen molar-refractivity contribution in [1.82, 2.24) is 4.72 Å². The molecule has 1 aromatic carbocycles. The third-order valence-electron chi connectivity index (χ3n) is 3.49. The number of nitrogens with two attached hydrogens (primary N) is 1. The van der Waals surface area contributed by atoms with Crippen molar-refractivity contribution in [2.75, 3.05) is 6.54 Å². The van der Waals surface area contributed by atoms with Gasteiger partial charge in [-0.1, -0.05) is 11.8 Å². The molecule has 3 N–H and O–H groups in total. The third-order valence-corrected chi connectivity index (χ3v) is 5.18. The lowest BCUT2D eigenvalue weighted by Gasteiger charge is -2.25. The Hall–Kier alpha value is -1.35. The fourth-order valence-corrected chi connectivity index (χ4v) is 3.64. The first-order valence-corrected chi connectivity index (χ1v) is 8.16. The Morgan fingerprint density at radius 3 is 2.40 bits per heavy atom. The van der Waals surface area contributed by atoms with Crippen molar-refractivity contribution in [3.63, 3.8) is 0 Å². The van der Waals surface area contributed by atoms with Crippen molar-refractivity contribution in [2.45, 2.75) is 37.1 Å². The lowest BCUT2D eigenvalue weighted by Crippen LogP contribution is -2.45. The average molecular weight is 292 g/mol. The lowest BCUT2D eigenvalue weighted by atomic mass is 10.0. The molecule has 1 fully saturated rings. The van der Waals surface area contributed by atoms with Crippen molar-refractivity contribution in [1.29, 1.82) is 0 Å². The van der Waals surface area contributed by atoms with Gasteiger partial charge in [0.05, 0.1) is 11.4 Å². The van der Waals surface area contributed by atoms with Crippen molar-refractivity contribution < 1.29 is 8.42 Å². The van der Waals surface area contributed by atoms with E-state index in [1.165, 1.54) is 0 Å². The molecule has 0 aliphatic heterocycles. The highest BCUT2D eigenvalue weighted by atomic mass is 32.2. The van der Waals surface area contributed by atoms with Crippen molar-refractivity contribution in [3.05, 3.63) is 29.8 Å². The fraction of sp³-hybridized carbons (Fsp3) is 0.467. The molecule has 0 heterocycles. The van der Waals surface area contributed by atoms with Crippen LogP contribution in [0.2, 0.25) is 0 Å². The molecule has 1 aliphatic carbocycles. The molecule has 0 amide bonds. The summed E-state index contributed by atoms with van der Waals surface area (Å²) in [4.78, 5) is 0.268. The van der Waals surface area contributed by atoms with E-state index in [0.29, 0.717) is 5.92 Å². The molecule has 108 valence electrons. The lowest BCUT2D eigenvalue weighted by molar-refractivity contribution is 0.400. The molecule has 0 unspecified atom stereocenters. The van der Waals surface area contributed by atoms with E-state index in [-0.39, 0.29) is 11.4 Å². The maximum atomic E-state index is 12.3. The molecule has 0 saturated heterocycles. The molecule has 1 aliphatic rings. The summed E-state index contributed by atoms with van der Waals surface area (Å²) >= 11 is 0. The molecule has 2 rings (SSSR count). The summed E-state index contributed by atoms with van der Waals surface area (Å²) in [5.74, 6) is 6.04. The van der Waals surface area contributed by atoms with Crippen LogP contribution in [0.15, 0.2) is 29.2 Å². The Morgan fingerprint density at radius 2 is 1.90 bits per heavy atom. The van der Waals surface area contributed by atoms with E-state index >= 15 is 0 Å². The Bertz CT molecular complexity index is 633. The number of nitrogens with one attached hydrogen (secondary N) is 1. The quantitative estimate of drug-likeness (QED) is 0.825. The first kappa shape index (κ1) is 15.0. The summed E-state index contributed by atoms with van der Waals surface area (Å²) in [6.07, 6.45) is 2.17.